The molecule has 170 valence electrons. The first kappa shape index (κ1) is 22.4. The largest absolute Gasteiger partial charge is 0.484 e. The van der Waals surface area contributed by atoms with Gasteiger partial charge in [0.05, 0.1) is 17.4 Å². The summed E-state index contributed by atoms with van der Waals surface area (Å²) in [7, 11) is 0. The number of aryl methyl sites for hydroxylation is 1. The summed E-state index contributed by atoms with van der Waals surface area (Å²) in [4.78, 5) is 21.2. The van der Waals surface area contributed by atoms with Crippen LogP contribution < -0.4 is 15.4 Å². The molecule has 0 bridgehead atoms. The van der Waals surface area contributed by atoms with E-state index in [0.29, 0.717) is 23.1 Å². The minimum Gasteiger partial charge on any atom is -0.484 e. The zero-order valence-electron chi connectivity index (χ0n) is 18.5. The second-order valence-electron chi connectivity index (χ2n) is 7.39. The smallest absolute Gasteiger partial charge is 0.262 e. The standard InChI is InChI=1S/C25H23N7O2/c1-3-5-20(12-26)29-23(33)15-34-21-7-4-6-17(11-21)25-27-13-16(2)24(31-25)30-19-8-9-22-18(10-19)14-28-32-22/h3-14,26H,1,15H2,2H3,(H,28,32)(H,29,33)(H,27,30,31)/b20-5+,26-12?. The molecule has 2 heterocycles. The average molecular weight is 454 g/mol. The van der Waals surface area contributed by atoms with Gasteiger partial charge in [-0.15, -0.1) is 0 Å². The molecule has 0 aliphatic heterocycles. The van der Waals surface area contributed by atoms with Crippen LogP contribution in [0.4, 0.5) is 11.5 Å². The monoisotopic (exact) mass is 453 g/mol. The third kappa shape index (κ3) is 5.33. The highest BCUT2D eigenvalue weighted by Gasteiger charge is 2.10. The number of ether oxygens (including phenoxy) is 1. The third-order valence-electron chi connectivity index (χ3n) is 4.87. The number of hydrogen-bond donors (Lipinski definition) is 4. The van der Waals surface area contributed by atoms with Crippen LogP contribution in [0.3, 0.4) is 0 Å². The van der Waals surface area contributed by atoms with E-state index in [1.165, 1.54) is 12.2 Å². The summed E-state index contributed by atoms with van der Waals surface area (Å²) < 4.78 is 5.62. The van der Waals surface area contributed by atoms with Crippen LogP contribution in [-0.2, 0) is 4.79 Å². The van der Waals surface area contributed by atoms with Crippen molar-refractivity contribution in [1.29, 1.82) is 5.41 Å². The van der Waals surface area contributed by atoms with Crippen LogP contribution in [0.2, 0.25) is 0 Å². The van der Waals surface area contributed by atoms with Gasteiger partial charge in [-0.05, 0) is 43.3 Å². The van der Waals surface area contributed by atoms with Crippen LogP contribution in [0.5, 0.6) is 5.75 Å². The molecule has 0 spiro atoms. The fourth-order valence-electron chi connectivity index (χ4n) is 3.19. The van der Waals surface area contributed by atoms with Crippen LogP contribution in [0, 0.1) is 12.3 Å². The number of amides is 1. The van der Waals surface area contributed by atoms with Gasteiger partial charge in [0.1, 0.15) is 11.6 Å². The van der Waals surface area contributed by atoms with E-state index in [1.54, 1.807) is 24.5 Å². The summed E-state index contributed by atoms with van der Waals surface area (Å²) in [5, 5.41) is 21.2. The first-order valence-electron chi connectivity index (χ1n) is 10.5. The van der Waals surface area contributed by atoms with Gasteiger partial charge in [-0.2, -0.15) is 5.10 Å². The van der Waals surface area contributed by atoms with E-state index in [0.717, 1.165) is 33.9 Å². The molecule has 0 radical (unpaired) electrons. The molecule has 4 rings (SSSR count). The SMILES string of the molecule is C=C/C=C(\C=N)NC(=O)COc1cccc(-c2ncc(C)c(Nc3ccc4[nH]ncc4c3)n2)c1. The number of rotatable bonds is 9. The Labute approximate surface area is 196 Å². The molecule has 9 heteroatoms. The highest BCUT2D eigenvalue weighted by Crippen LogP contribution is 2.26. The van der Waals surface area contributed by atoms with Crippen molar-refractivity contribution in [2.75, 3.05) is 11.9 Å². The minimum atomic E-state index is -0.380. The lowest BCUT2D eigenvalue weighted by Gasteiger charge is -2.11. The predicted octanol–water partition coefficient (Wildman–Crippen LogP) is 4.29. The van der Waals surface area contributed by atoms with E-state index in [1.807, 2.05) is 37.3 Å². The van der Waals surface area contributed by atoms with E-state index in [-0.39, 0.29) is 12.5 Å². The molecule has 0 aliphatic carbocycles. The maximum absolute atomic E-state index is 12.1. The molecule has 2 aromatic carbocycles. The van der Waals surface area contributed by atoms with Crippen molar-refractivity contribution >= 4 is 34.5 Å². The number of nitrogens with one attached hydrogen (secondary N) is 4. The Morgan fingerprint density at radius 3 is 2.94 bits per heavy atom. The summed E-state index contributed by atoms with van der Waals surface area (Å²) >= 11 is 0. The Balaban J connectivity index is 1.48. The normalized spacial score (nSPS) is 11.1. The molecule has 0 aliphatic rings. The van der Waals surface area contributed by atoms with E-state index >= 15 is 0 Å². The number of nitrogens with zero attached hydrogens (tertiary/aromatic N) is 3. The predicted molar refractivity (Wildman–Crippen MR) is 132 cm³/mol. The molecule has 4 N–H and O–H groups in total. The molecule has 0 fully saturated rings. The number of hydrogen-bond acceptors (Lipinski definition) is 7. The Morgan fingerprint density at radius 1 is 1.24 bits per heavy atom. The molecule has 1 amide bonds. The molecular formula is C25H23N7O2. The average Bonchev–Trinajstić information content (AvgIpc) is 3.32. The topological polar surface area (TPSA) is 129 Å². The molecule has 34 heavy (non-hydrogen) atoms. The van der Waals surface area contributed by atoms with E-state index in [4.69, 9.17) is 15.1 Å². The number of H-pyrrole nitrogens is 1. The lowest BCUT2D eigenvalue weighted by atomic mass is 10.2. The van der Waals surface area contributed by atoms with Gasteiger partial charge in [-0.25, -0.2) is 9.97 Å². The van der Waals surface area contributed by atoms with E-state index in [9.17, 15) is 4.79 Å². The van der Waals surface area contributed by atoms with Crippen LogP contribution in [0.15, 0.2) is 79.3 Å². The summed E-state index contributed by atoms with van der Waals surface area (Å²) in [6, 6.07) is 13.1. The van der Waals surface area contributed by atoms with Gasteiger partial charge in [0.25, 0.3) is 5.91 Å². The van der Waals surface area contributed by atoms with Crippen molar-refractivity contribution in [2.24, 2.45) is 0 Å². The summed E-state index contributed by atoms with van der Waals surface area (Å²) in [6.45, 7) is 5.28. The fourth-order valence-corrected chi connectivity index (χ4v) is 3.19. The van der Waals surface area contributed by atoms with E-state index < -0.39 is 0 Å². The van der Waals surface area contributed by atoms with Crippen molar-refractivity contribution in [2.45, 2.75) is 6.92 Å². The van der Waals surface area contributed by atoms with Crippen molar-refractivity contribution in [3.63, 3.8) is 0 Å². The number of carbonyl (C=O) groups is 1. The zero-order valence-corrected chi connectivity index (χ0v) is 18.5. The van der Waals surface area contributed by atoms with Gasteiger partial charge in [-0.3, -0.25) is 9.89 Å². The number of benzene rings is 2. The maximum atomic E-state index is 12.1. The molecule has 2 aromatic heterocycles. The summed E-state index contributed by atoms with van der Waals surface area (Å²) in [5.41, 5.74) is 3.83. The quantitative estimate of drug-likeness (QED) is 0.221. The molecule has 0 unspecified atom stereocenters. The zero-order chi connectivity index (χ0) is 23.9. The molecule has 9 nitrogen and oxygen atoms in total. The van der Waals surface area contributed by atoms with Gasteiger partial charge in [0, 0.05) is 34.6 Å². The Kier molecular flexibility index (Phi) is 6.73. The van der Waals surface area contributed by atoms with Crippen molar-refractivity contribution in [3.8, 4) is 17.1 Å². The maximum Gasteiger partial charge on any atom is 0.262 e. The number of aromatic amines is 1. The molecule has 4 aromatic rings. The highest BCUT2D eigenvalue weighted by atomic mass is 16.5. The van der Waals surface area contributed by atoms with Gasteiger partial charge in [-0.1, -0.05) is 24.8 Å². The van der Waals surface area contributed by atoms with Gasteiger partial charge < -0.3 is 20.8 Å². The van der Waals surface area contributed by atoms with Crippen molar-refractivity contribution in [3.05, 3.63) is 84.8 Å². The summed E-state index contributed by atoms with van der Waals surface area (Å²) in [6.07, 6.45) is 7.58. The Hall–Kier alpha value is -4.79. The first-order chi connectivity index (χ1) is 16.6. The van der Waals surface area contributed by atoms with Crippen LogP contribution in [0.1, 0.15) is 5.56 Å². The van der Waals surface area contributed by atoms with Crippen LogP contribution in [0.25, 0.3) is 22.3 Å². The molecular weight excluding hydrogens is 430 g/mol. The first-order valence-corrected chi connectivity index (χ1v) is 10.5. The van der Waals surface area contributed by atoms with E-state index in [2.05, 4.69) is 32.4 Å². The lowest BCUT2D eigenvalue weighted by Crippen LogP contribution is -2.28. The van der Waals surface area contributed by atoms with Crippen molar-refractivity contribution in [1.82, 2.24) is 25.5 Å². The number of allylic oxidation sites excluding steroid dienone is 3. The Bertz CT molecular complexity index is 1390. The fraction of sp³-hybridized carbons (Fsp3) is 0.0800. The second kappa shape index (κ2) is 10.2. The van der Waals surface area contributed by atoms with Crippen molar-refractivity contribution < 1.29 is 9.53 Å². The summed E-state index contributed by atoms with van der Waals surface area (Å²) in [5.74, 6) is 1.33. The van der Waals surface area contributed by atoms with Gasteiger partial charge >= 0.3 is 0 Å². The highest BCUT2D eigenvalue weighted by molar-refractivity contribution is 5.87. The van der Waals surface area contributed by atoms with Crippen LogP contribution in [-0.4, -0.2) is 38.9 Å². The number of fused-ring (bicyclic) bond motifs is 1. The van der Waals surface area contributed by atoms with Crippen LogP contribution >= 0.6 is 0 Å². The molecule has 0 atom stereocenters. The number of carbonyl (C=O) groups excluding carboxylic acids is 1. The molecule has 0 saturated heterocycles. The van der Waals surface area contributed by atoms with Gasteiger partial charge in [0.2, 0.25) is 0 Å². The molecule has 0 saturated carbocycles. The number of aromatic nitrogens is 4. The second-order valence-corrected chi connectivity index (χ2v) is 7.39. The lowest BCUT2D eigenvalue weighted by molar-refractivity contribution is -0.122. The third-order valence-corrected chi connectivity index (χ3v) is 4.87. The van der Waals surface area contributed by atoms with Gasteiger partial charge in [0.15, 0.2) is 12.4 Å². The minimum absolute atomic E-state index is 0.205. The Morgan fingerprint density at radius 2 is 2.12 bits per heavy atom. The number of anilines is 2.